The molecule has 0 aromatic heterocycles. The van der Waals surface area contributed by atoms with E-state index in [-0.39, 0.29) is 11.6 Å². The number of hydrogen-bond acceptors (Lipinski definition) is 3. The Kier molecular flexibility index (Phi) is 2.91. The molecule has 2 N–H and O–H groups in total. The number of nitrogens with one attached hydrogen (secondary N) is 1. The molecule has 1 fully saturated rings. The molecule has 5 heteroatoms. The number of rotatable bonds is 2. The minimum absolute atomic E-state index is 0.187. The summed E-state index contributed by atoms with van der Waals surface area (Å²) in [6.07, 6.45) is 0.823. The first kappa shape index (κ1) is 12.0. The second-order valence-electron chi connectivity index (χ2n) is 4.59. The van der Waals surface area contributed by atoms with Crippen molar-refractivity contribution in [3.63, 3.8) is 0 Å². The van der Waals surface area contributed by atoms with Crippen LogP contribution in [0.25, 0.3) is 0 Å². The van der Waals surface area contributed by atoms with Crippen LogP contribution in [0.3, 0.4) is 0 Å². The Morgan fingerprint density at radius 2 is 2.29 bits per heavy atom. The number of carboxylic acids is 1. The van der Waals surface area contributed by atoms with Crippen molar-refractivity contribution in [3.05, 3.63) is 34.5 Å². The van der Waals surface area contributed by atoms with E-state index in [0.29, 0.717) is 17.8 Å². The van der Waals surface area contributed by atoms with Crippen LogP contribution in [0.1, 0.15) is 29.3 Å². The van der Waals surface area contributed by atoms with Gasteiger partial charge in [0.15, 0.2) is 5.69 Å². The second kappa shape index (κ2) is 4.10. The van der Waals surface area contributed by atoms with Gasteiger partial charge in [-0.3, -0.25) is 0 Å². The molecular formula is C12H16N2O3. The summed E-state index contributed by atoms with van der Waals surface area (Å²) in [5.41, 5.74) is 4.38. The number of quaternary nitrogens is 1. The SMILES string of the molecule is Cc1cc([N+]2([O-])CCC(C)N2)ccc1C(=O)O. The van der Waals surface area contributed by atoms with Crippen LogP contribution in [-0.4, -0.2) is 23.7 Å². The van der Waals surface area contributed by atoms with Gasteiger partial charge in [-0.15, -0.1) is 0 Å². The van der Waals surface area contributed by atoms with Gasteiger partial charge >= 0.3 is 5.97 Å². The lowest BCUT2D eigenvalue weighted by atomic mass is 10.1. The van der Waals surface area contributed by atoms with Gasteiger partial charge in [0.25, 0.3) is 0 Å². The zero-order chi connectivity index (χ0) is 12.6. The fourth-order valence-corrected chi connectivity index (χ4v) is 2.18. The minimum Gasteiger partial charge on any atom is -0.606 e. The summed E-state index contributed by atoms with van der Waals surface area (Å²) in [6, 6.07) is 4.93. The summed E-state index contributed by atoms with van der Waals surface area (Å²) < 4.78 is -0.568. The average molecular weight is 236 g/mol. The Hall–Kier alpha value is -1.43. The van der Waals surface area contributed by atoms with Crippen LogP contribution < -0.4 is 10.2 Å². The zero-order valence-corrected chi connectivity index (χ0v) is 9.93. The van der Waals surface area contributed by atoms with E-state index in [4.69, 9.17) is 5.11 Å². The molecule has 0 amide bonds. The van der Waals surface area contributed by atoms with Gasteiger partial charge in [-0.2, -0.15) is 5.43 Å². The number of carboxylic acid groups (broad SMARTS) is 1. The first-order chi connectivity index (χ1) is 7.92. The Balaban J connectivity index is 2.35. The summed E-state index contributed by atoms with van der Waals surface area (Å²) in [5, 5.41) is 21.4. The topological polar surface area (TPSA) is 72.4 Å². The standard InChI is InChI=1S/C12H16N2O3/c1-8-7-10(3-4-11(8)12(15)16)14(17)6-5-9(2)13-14/h3-4,7,9,13H,5-6H2,1-2H3,(H,15,16). The molecule has 1 saturated heterocycles. The number of aryl methyl sites for hydroxylation is 1. The molecule has 17 heavy (non-hydrogen) atoms. The normalized spacial score (nSPS) is 28.3. The van der Waals surface area contributed by atoms with Gasteiger partial charge in [-0.1, -0.05) is 0 Å². The largest absolute Gasteiger partial charge is 0.606 e. The number of hydrogen-bond donors (Lipinski definition) is 2. The Morgan fingerprint density at radius 1 is 1.59 bits per heavy atom. The van der Waals surface area contributed by atoms with E-state index < -0.39 is 10.7 Å². The van der Waals surface area contributed by atoms with Crippen LogP contribution in [0.4, 0.5) is 5.69 Å². The number of nitrogens with zero attached hydrogens (tertiary/aromatic N) is 1. The van der Waals surface area contributed by atoms with Crippen LogP contribution in [0.2, 0.25) is 0 Å². The molecule has 92 valence electrons. The van der Waals surface area contributed by atoms with Crippen LogP contribution in [0.15, 0.2) is 18.2 Å². The molecule has 0 spiro atoms. The van der Waals surface area contributed by atoms with E-state index in [9.17, 15) is 10.0 Å². The van der Waals surface area contributed by atoms with Crippen LogP contribution in [0, 0.1) is 12.1 Å². The maximum atomic E-state index is 12.4. The lowest BCUT2D eigenvalue weighted by Gasteiger charge is -2.37. The summed E-state index contributed by atoms with van der Waals surface area (Å²) in [5.74, 6) is -0.964. The smallest absolute Gasteiger partial charge is 0.335 e. The van der Waals surface area contributed by atoms with Crippen LogP contribution >= 0.6 is 0 Å². The fourth-order valence-electron chi connectivity index (χ4n) is 2.18. The lowest BCUT2D eigenvalue weighted by Crippen LogP contribution is -2.51. The molecule has 2 unspecified atom stereocenters. The molecule has 1 aromatic carbocycles. The van der Waals surface area contributed by atoms with E-state index in [1.54, 1.807) is 19.1 Å². The number of benzene rings is 1. The first-order valence-corrected chi connectivity index (χ1v) is 5.64. The van der Waals surface area contributed by atoms with Crippen molar-refractivity contribution in [1.82, 2.24) is 10.2 Å². The Labute approximate surface area is 99.8 Å². The maximum Gasteiger partial charge on any atom is 0.335 e. The van der Waals surface area contributed by atoms with Crippen molar-refractivity contribution in [3.8, 4) is 0 Å². The third-order valence-corrected chi connectivity index (χ3v) is 3.16. The summed E-state index contributed by atoms with van der Waals surface area (Å²) >= 11 is 0. The van der Waals surface area contributed by atoms with E-state index in [1.807, 2.05) is 6.92 Å². The molecule has 0 bridgehead atoms. The van der Waals surface area contributed by atoms with Crippen molar-refractivity contribution in [1.29, 1.82) is 0 Å². The van der Waals surface area contributed by atoms with Crippen molar-refractivity contribution < 1.29 is 9.90 Å². The van der Waals surface area contributed by atoms with Gasteiger partial charge in [0.05, 0.1) is 11.6 Å². The van der Waals surface area contributed by atoms with Crippen LogP contribution in [0.5, 0.6) is 0 Å². The first-order valence-electron chi connectivity index (χ1n) is 5.64. The third kappa shape index (κ3) is 2.17. The molecular weight excluding hydrogens is 220 g/mol. The Morgan fingerprint density at radius 3 is 2.76 bits per heavy atom. The van der Waals surface area contributed by atoms with Gasteiger partial charge in [0.2, 0.25) is 0 Å². The number of aromatic carboxylic acids is 1. The predicted molar refractivity (Wildman–Crippen MR) is 65.4 cm³/mol. The van der Waals surface area contributed by atoms with Crippen LogP contribution in [-0.2, 0) is 0 Å². The highest BCUT2D eigenvalue weighted by molar-refractivity contribution is 5.89. The molecule has 0 aliphatic carbocycles. The minimum atomic E-state index is -0.964. The molecule has 2 atom stereocenters. The van der Waals surface area contributed by atoms with Crippen molar-refractivity contribution in [2.75, 3.05) is 6.54 Å². The number of hydroxylamine groups is 1. The summed E-state index contributed by atoms with van der Waals surface area (Å²) in [4.78, 5) is 10.9. The monoisotopic (exact) mass is 236 g/mol. The van der Waals surface area contributed by atoms with Gasteiger partial charge in [0.1, 0.15) is 6.54 Å². The molecule has 1 heterocycles. The van der Waals surface area contributed by atoms with E-state index in [1.165, 1.54) is 6.07 Å². The Bertz CT molecular complexity index is 461. The second-order valence-corrected chi connectivity index (χ2v) is 4.59. The molecule has 1 aliphatic heterocycles. The molecule has 1 aromatic rings. The van der Waals surface area contributed by atoms with Crippen molar-refractivity contribution in [2.24, 2.45) is 0 Å². The molecule has 0 saturated carbocycles. The lowest BCUT2D eigenvalue weighted by molar-refractivity contribution is 0.0696. The van der Waals surface area contributed by atoms with Gasteiger partial charge in [-0.25, -0.2) is 9.55 Å². The van der Waals surface area contributed by atoms with Crippen molar-refractivity contribution in [2.45, 2.75) is 26.3 Å². The molecule has 5 nitrogen and oxygen atoms in total. The zero-order valence-electron chi connectivity index (χ0n) is 9.93. The average Bonchev–Trinajstić information content (AvgIpc) is 2.59. The summed E-state index contributed by atoms with van der Waals surface area (Å²) in [6.45, 7) is 4.15. The highest BCUT2D eigenvalue weighted by Crippen LogP contribution is 2.27. The maximum absolute atomic E-state index is 12.4. The van der Waals surface area contributed by atoms with Gasteiger partial charge in [0, 0.05) is 18.6 Å². The van der Waals surface area contributed by atoms with Gasteiger partial charge < -0.3 is 10.3 Å². The predicted octanol–water partition coefficient (Wildman–Crippen LogP) is 1.80. The quantitative estimate of drug-likeness (QED) is 0.606. The van der Waals surface area contributed by atoms with E-state index >= 15 is 0 Å². The highest BCUT2D eigenvalue weighted by atomic mass is 16.6. The van der Waals surface area contributed by atoms with E-state index in [2.05, 4.69) is 5.43 Å². The molecule has 1 aliphatic rings. The van der Waals surface area contributed by atoms with E-state index in [0.717, 1.165) is 6.42 Å². The fraction of sp³-hybridized carbons (Fsp3) is 0.417. The third-order valence-electron chi connectivity index (χ3n) is 3.16. The highest BCUT2D eigenvalue weighted by Gasteiger charge is 2.31. The molecule has 2 rings (SSSR count). The number of carbonyl (C=O) groups is 1. The van der Waals surface area contributed by atoms with Gasteiger partial charge in [-0.05, 0) is 25.5 Å². The molecule has 0 radical (unpaired) electrons. The van der Waals surface area contributed by atoms with Crippen molar-refractivity contribution >= 4 is 11.7 Å². The summed E-state index contributed by atoms with van der Waals surface area (Å²) in [7, 11) is 0.